The van der Waals surface area contributed by atoms with Crippen molar-refractivity contribution < 1.29 is 9.53 Å². The zero-order valence-electron chi connectivity index (χ0n) is 5.68. The van der Waals surface area contributed by atoms with Crippen LogP contribution in [0.1, 0.15) is 13.8 Å². The fourth-order valence-electron chi connectivity index (χ4n) is 0.766. The highest BCUT2D eigenvalue weighted by molar-refractivity contribution is 5.81. The molecule has 0 radical (unpaired) electrons. The maximum absolute atomic E-state index is 10.8. The van der Waals surface area contributed by atoms with Crippen molar-refractivity contribution in [3.8, 4) is 0 Å². The molecular formula is C6H11NO2. The average Bonchev–Trinajstić information content (AvgIpc) is 1.80. The summed E-state index contributed by atoms with van der Waals surface area (Å²) in [5.41, 5.74) is 0. The molecule has 9 heavy (non-hydrogen) atoms. The summed E-state index contributed by atoms with van der Waals surface area (Å²) in [7, 11) is 0. The third-order valence-electron chi connectivity index (χ3n) is 1.35. The van der Waals surface area contributed by atoms with E-state index >= 15 is 0 Å². The van der Waals surface area contributed by atoms with Crippen molar-refractivity contribution in [2.45, 2.75) is 26.0 Å². The van der Waals surface area contributed by atoms with Gasteiger partial charge in [-0.2, -0.15) is 0 Å². The number of morpholine rings is 1. The van der Waals surface area contributed by atoms with Crippen LogP contribution in [-0.4, -0.2) is 24.7 Å². The van der Waals surface area contributed by atoms with E-state index in [1.54, 1.807) is 6.92 Å². The monoisotopic (exact) mass is 129 g/mol. The van der Waals surface area contributed by atoms with Crippen molar-refractivity contribution in [3.05, 3.63) is 0 Å². The third kappa shape index (κ3) is 1.42. The smallest absolute Gasteiger partial charge is 0.249 e. The number of nitrogens with one attached hydrogen (secondary N) is 1. The highest BCUT2D eigenvalue weighted by Crippen LogP contribution is 1.99. The fraction of sp³-hybridized carbons (Fsp3) is 0.833. The first-order valence-electron chi connectivity index (χ1n) is 3.12. The lowest BCUT2D eigenvalue weighted by Gasteiger charge is -2.24. The SMILES string of the molecule is C[C@H]1CO[C@H](C)C(=O)N1. The van der Waals surface area contributed by atoms with Gasteiger partial charge in [-0.05, 0) is 13.8 Å². The van der Waals surface area contributed by atoms with Gasteiger partial charge >= 0.3 is 0 Å². The van der Waals surface area contributed by atoms with Gasteiger partial charge in [-0.1, -0.05) is 0 Å². The van der Waals surface area contributed by atoms with Gasteiger partial charge in [0, 0.05) is 6.04 Å². The summed E-state index contributed by atoms with van der Waals surface area (Å²) >= 11 is 0. The largest absolute Gasteiger partial charge is 0.367 e. The minimum Gasteiger partial charge on any atom is -0.367 e. The molecular weight excluding hydrogens is 118 g/mol. The molecule has 0 aromatic heterocycles. The molecule has 0 aromatic carbocycles. The van der Waals surface area contributed by atoms with Gasteiger partial charge in [0.2, 0.25) is 5.91 Å². The zero-order valence-corrected chi connectivity index (χ0v) is 5.68. The molecule has 1 rings (SSSR count). The van der Waals surface area contributed by atoms with Gasteiger partial charge in [0.25, 0.3) is 0 Å². The molecule has 1 aliphatic rings. The van der Waals surface area contributed by atoms with E-state index in [2.05, 4.69) is 5.32 Å². The second kappa shape index (κ2) is 2.35. The van der Waals surface area contributed by atoms with Crippen molar-refractivity contribution in [3.63, 3.8) is 0 Å². The number of hydrogen-bond acceptors (Lipinski definition) is 2. The Balaban J connectivity index is 2.44. The van der Waals surface area contributed by atoms with Crippen LogP contribution in [-0.2, 0) is 9.53 Å². The predicted octanol–water partition coefficient (Wildman–Crippen LogP) is -0.0902. The molecule has 1 fully saturated rings. The molecule has 0 unspecified atom stereocenters. The quantitative estimate of drug-likeness (QED) is 0.496. The Labute approximate surface area is 54.4 Å². The molecule has 0 aliphatic carbocycles. The van der Waals surface area contributed by atoms with E-state index < -0.39 is 0 Å². The summed E-state index contributed by atoms with van der Waals surface area (Å²) in [4.78, 5) is 10.8. The van der Waals surface area contributed by atoms with Crippen molar-refractivity contribution in [2.75, 3.05) is 6.61 Å². The number of rotatable bonds is 0. The zero-order chi connectivity index (χ0) is 6.85. The number of carbonyl (C=O) groups excluding carboxylic acids is 1. The first-order valence-corrected chi connectivity index (χ1v) is 3.12. The van der Waals surface area contributed by atoms with Gasteiger partial charge in [-0.15, -0.1) is 0 Å². The Morgan fingerprint density at radius 2 is 2.33 bits per heavy atom. The van der Waals surface area contributed by atoms with Gasteiger partial charge in [-0.3, -0.25) is 4.79 Å². The maximum Gasteiger partial charge on any atom is 0.249 e. The first-order chi connectivity index (χ1) is 4.20. The molecule has 3 nitrogen and oxygen atoms in total. The van der Waals surface area contributed by atoms with E-state index in [1.165, 1.54) is 0 Å². The lowest BCUT2D eigenvalue weighted by atomic mass is 10.2. The van der Waals surface area contributed by atoms with E-state index in [0.29, 0.717) is 6.61 Å². The normalized spacial score (nSPS) is 36.0. The van der Waals surface area contributed by atoms with Crippen molar-refractivity contribution in [1.82, 2.24) is 5.32 Å². The second-order valence-electron chi connectivity index (χ2n) is 2.39. The summed E-state index contributed by atoms with van der Waals surface area (Å²) in [6.45, 7) is 4.30. The first kappa shape index (κ1) is 6.55. The number of ether oxygens (including phenoxy) is 1. The Morgan fingerprint density at radius 1 is 1.67 bits per heavy atom. The molecule has 0 spiro atoms. The van der Waals surface area contributed by atoms with Crippen LogP contribution in [0.15, 0.2) is 0 Å². The van der Waals surface area contributed by atoms with E-state index in [4.69, 9.17) is 4.74 Å². The molecule has 1 aliphatic heterocycles. The standard InChI is InChI=1S/C6H11NO2/c1-4-3-9-5(2)6(8)7-4/h4-5H,3H2,1-2H3,(H,7,8)/t4-,5+/m0/s1. The van der Waals surface area contributed by atoms with Gasteiger partial charge in [-0.25, -0.2) is 0 Å². The van der Waals surface area contributed by atoms with Crippen LogP contribution in [0.25, 0.3) is 0 Å². The molecule has 1 saturated heterocycles. The van der Waals surface area contributed by atoms with Crippen LogP contribution >= 0.6 is 0 Å². The van der Waals surface area contributed by atoms with Gasteiger partial charge in [0.15, 0.2) is 0 Å². The van der Waals surface area contributed by atoms with Crippen LogP contribution in [0.2, 0.25) is 0 Å². The molecule has 52 valence electrons. The summed E-state index contributed by atoms with van der Waals surface area (Å²) in [5, 5.41) is 2.77. The van der Waals surface area contributed by atoms with Crippen molar-refractivity contribution in [2.24, 2.45) is 0 Å². The summed E-state index contributed by atoms with van der Waals surface area (Å²) in [6.07, 6.45) is -0.263. The number of carbonyl (C=O) groups is 1. The minimum atomic E-state index is -0.263. The molecule has 0 saturated carbocycles. The van der Waals surface area contributed by atoms with Gasteiger partial charge in [0.1, 0.15) is 6.10 Å². The Kier molecular flexibility index (Phi) is 1.71. The van der Waals surface area contributed by atoms with Crippen LogP contribution < -0.4 is 5.32 Å². The predicted molar refractivity (Wildman–Crippen MR) is 33.0 cm³/mol. The Hall–Kier alpha value is -0.570. The lowest BCUT2D eigenvalue weighted by Crippen LogP contribution is -2.48. The van der Waals surface area contributed by atoms with Crippen molar-refractivity contribution >= 4 is 5.91 Å². The van der Waals surface area contributed by atoms with E-state index in [1.807, 2.05) is 6.92 Å². The Bertz CT molecular complexity index is 124. The molecule has 0 bridgehead atoms. The molecule has 3 heteroatoms. The molecule has 1 heterocycles. The summed E-state index contributed by atoms with van der Waals surface area (Å²) < 4.78 is 5.09. The van der Waals surface area contributed by atoms with E-state index in [9.17, 15) is 4.79 Å². The van der Waals surface area contributed by atoms with E-state index in [0.717, 1.165) is 0 Å². The van der Waals surface area contributed by atoms with E-state index in [-0.39, 0.29) is 18.1 Å². The van der Waals surface area contributed by atoms with Gasteiger partial charge in [0.05, 0.1) is 6.61 Å². The Morgan fingerprint density at radius 3 is 2.78 bits per heavy atom. The maximum atomic E-state index is 10.8. The minimum absolute atomic E-state index is 0.00579. The van der Waals surface area contributed by atoms with Crippen LogP contribution in [0.3, 0.4) is 0 Å². The van der Waals surface area contributed by atoms with Crippen LogP contribution in [0.5, 0.6) is 0 Å². The molecule has 0 aromatic rings. The highest BCUT2D eigenvalue weighted by atomic mass is 16.5. The van der Waals surface area contributed by atoms with Crippen LogP contribution in [0, 0.1) is 0 Å². The third-order valence-corrected chi connectivity index (χ3v) is 1.35. The lowest BCUT2D eigenvalue weighted by molar-refractivity contribution is -0.138. The fourth-order valence-corrected chi connectivity index (χ4v) is 0.766. The summed E-state index contributed by atoms with van der Waals surface area (Å²) in [5.74, 6) is -0.00579. The number of amides is 1. The van der Waals surface area contributed by atoms with Crippen molar-refractivity contribution in [1.29, 1.82) is 0 Å². The topological polar surface area (TPSA) is 38.3 Å². The highest BCUT2D eigenvalue weighted by Gasteiger charge is 2.21. The summed E-state index contributed by atoms with van der Waals surface area (Å²) in [6, 6.07) is 0.175. The van der Waals surface area contributed by atoms with Gasteiger partial charge < -0.3 is 10.1 Å². The van der Waals surface area contributed by atoms with Crippen LogP contribution in [0.4, 0.5) is 0 Å². The average molecular weight is 129 g/mol. The molecule has 1 N–H and O–H groups in total. The molecule has 1 amide bonds. The second-order valence-corrected chi connectivity index (χ2v) is 2.39. The molecule has 2 atom stereocenters. The number of hydrogen-bond donors (Lipinski definition) is 1.